The molecule has 0 atom stereocenters. The van der Waals surface area contributed by atoms with Crippen molar-refractivity contribution in [1.82, 2.24) is 9.97 Å². The minimum Gasteiger partial charge on any atom is -0.338 e. The molecule has 0 fully saturated rings. The van der Waals surface area contributed by atoms with Gasteiger partial charge >= 0.3 is 0 Å². The van der Waals surface area contributed by atoms with Crippen LogP contribution < -0.4 is 0 Å². The number of nitrogens with one attached hydrogen (secondary N) is 1. The summed E-state index contributed by atoms with van der Waals surface area (Å²) in [6.45, 7) is 4.13. The number of imidazole rings is 1. The Morgan fingerprint density at radius 2 is 1.89 bits per heavy atom. The molecule has 0 aliphatic rings. The second-order valence-electron chi connectivity index (χ2n) is 4.57. The number of aryl methyl sites for hydroxylation is 2. The maximum absolute atomic E-state index is 6.05. The Morgan fingerprint density at radius 3 is 2.72 bits per heavy atom. The van der Waals surface area contributed by atoms with E-state index in [1.165, 1.54) is 5.56 Å². The largest absolute Gasteiger partial charge is 0.338 e. The fourth-order valence-corrected chi connectivity index (χ4v) is 2.27. The van der Waals surface area contributed by atoms with Crippen LogP contribution in [0.4, 0.5) is 0 Å². The van der Waals surface area contributed by atoms with Gasteiger partial charge in [0.15, 0.2) is 0 Å². The minimum absolute atomic E-state index is 0.729. The first kappa shape index (κ1) is 11.3. The van der Waals surface area contributed by atoms with Crippen LogP contribution in [-0.4, -0.2) is 9.97 Å². The van der Waals surface area contributed by atoms with Gasteiger partial charge < -0.3 is 4.98 Å². The molecule has 0 aliphatic heterocycles. The second kappa shape index (κ2) is 4.14. The maximum Gasteiger partial charge on any atom is 0.138 e. The highest BCUT2D eigenvalue weighted by Gasteiger charge is 2.08. The Balaban J connectivity index is 2.22. The van der Waals surface area contributed by atoms with E-state index in [9.17, 15) is 0 Å². The molecule has 3 aromatic rings. The lowest BCUT2D eigenvalue weighted by Gasteiger charge is -2.02. The molecule has 0 aliphatic carbocycles. The molecular formula is C15H13ClN2. The quantitative estimate of drug-likeness (QED) is 0.682. The highest BCUT2D eigenvalue weighted by atomic mass is 35.5. The summed E-state index contributed by atoms with van der Waals surface area (Å²) < 4.78 is 0. The number of hydrogen-bond donors (Lipinski definition) is 1. The molecule has 3 rings (SSSR count). The van der Waals surface area contributed by atoms with E-state index in [0.29, 0.717) is 0 Å². The fourth-order valence-electron chi connectivity index (χ4n) is 2.10. The molecule has 18 heavy (non-hydrogen) atoms. The fraction of sp³-hybridized carbons (Fsp3) is 0.133. The van der Waals surface area contributed by atoms with Crippen molar-refractivity contribution in [1.29, 1.82) is 0 Å². The average Bonchev–Trinajstić information content (AvgIpc) is 2.74. The summed E-state index contributed by atoms with van der Waals surface area (Å²) in [7, 11) is 0. The molecule has 0 saturated heterocycles. The van der Waals surface area contributed by atoms with Crippen molar-refractivity contribution in [2.75, 3.05) is 0 Å². The van der Waals surface area contributed by atoms with Gasteiger partial charge in [0.05, 0.1) is 11.0 Å². The Kier molecular flexibility index (Phi) is 2.60. The third-order valence-electron chi connectivity index (χ3n) is 3.09. The second-order valence-corrected chi connectivity index (χ2v) is 5.00. The predicted molar refractivity (Wildman–Crippen MR) is 76.0 cm³/mol. The molecule has 90 valence electrons. The third kappa shape index (κ3) is 1.89. The first-order chi connectivity index (χ1) is 8.63. The van der Waals surface area contributed by atoms with Crippen LogP contribution in [-0.2, 0) is 0 Å². The van der Waals surface area contributed by atoms with Crippen LogP contribution in [0.1, 0.15) is 11.1 Å². The van der Waals surface area contributed by atoms with Gasteiger partial charge in [-0.1, -0.05) is 23.7 Å². The van der Waals surface area contributed by atoms with Crippen LogP contribution in [0.3, 0.4) is 0 Å². The maximum atomic E-state index is 6.05. The number of halogens is 1. The molecule has 3 heteroatoms. The smallest absolute Gasteiger partial charge is 0.138 e. The Bertz CT molecular complexity index is 728. The van der Waals surface area contributed by atoms with E-state index < -0.39 is 0 Å². The van der Waals surface area contributed by atoms with Gasteiger partial charge in [0, 0.05) is 10.6 Å². The lowest BCUT2D eigenvalue weighted by atomic mass is 10.1. The number of aromatic amines is 1. The zero-order valence-corrected chi connectivity index (χ0v) is 11.0. The third-order valence-corrected chi connectivity index (χ3v) is 3.33. The zero-order chi connectivity index (χ0) is 12.7. The molecule has 1 N–H and O–H groups in total. The number of benzene rings is 2. The molecule has 0 bridgehead atoms. The zero-order valence-electron chi connectivity index (χ0n) is 10.3. The minimum atomic E-state index is 0.729. The van der Waals surface area contributed by atoms with Crippen molar-refractivity contribution in [2.24, 2.45) is 0 Å². The predicted octanol–water partition coefficient (Wildman–Crippen LogP) is 4.50. The first-order valence-electron chi connectivity index (χ1n) is 5.86. The van der Waals surface area contributed by atoms with Gasteiger partial charge in [-0.15, -0.1) is 0 Å². The van der Waals surface area contributed by atoms with Gasteiger partial charge in [-0.25, -0.2) is 4.98 Å². The van der Waals surface area contributed by atoms with Gasteiger partial charge in [-0.2, -0.15) is 0 Å². The molecule has 1 aromatic heterocycles. The molecule has 2 nitrogen and oxygen atoms in total. The average molecular weight is 257 g/mol. The normalized spacial score (nSPS) is 11.1. The Morgan fingerprint density at radius 1 is 1.06 bits per heavy atom. The van der Waals surface area contributed by atoms with Crippen LogP contribution in [0.2, 0.25) is 5.02 Å². The number of fused-ring (bicyclic) bond motifs is 1. The van der Waals surface area contributed by atoms with Gasteiger partial charge in [0.2, 0.25) is 0 Å². The summed E-state index contributed by atoms with van der Waals surface area (Å²) in [6.07, 6.45) is 0. The van der Waals surface area contributed by atoms with E-state index in [1.54, 1.807) is 0 Å². The monoisotopic (exact) mass is 256 g/mol. The first-order valence-corrected chi connectivity index (χ1v) is 6.24. The number of nitrogens with zero attached hydrogens (tertiary/aromatic N) is 1. The van der Waals surface area contributed by atoms with Crippen molar-refractivity contribution in [3.05, 3.63) is 52.5 Å². The van der Waals surface area contributed by atoms with Crippen molar-refractivity contribution in [3.8, 4) is 11.4 Å². The molecule has 0 radical (unpaired) electrons. The molecule has 0 spiro atoms. The van der Waals surface area contributed by atoms with Crippen LogP contribution in [0, 0.1) is 13.8 Å². The molecule has 0 unspecified atom stereocenters. The van der Waals surface area contributed by atoms with Crippen LogP contribution in [0.5, 0.6) is 0 Å². The van der Waals surface area contributed by atoms with E-state index in [-0.39, 0.29) is 0 Å². The lowest BCUT2D eigenvalue weighted by Crippen LogP contribution is -1.85. The van der Waals surface area contributed by atoms with E-state index in [0.717, 1.165) is 33.0 Å². The highest BCUT2D eigenvalue weighted by molar-refractivity contribution is 6.30. The summed E-state index contributed by atoms with van der Waals surface area (Å²) >= 11 is 6.05. The number of aromatic nitrogens is 2. The number of H-pyrrole nitrogens is 1. The van der Waals surface area contributed by atoms with Crippen molar-refractivity contribution < 1.29 is 0 Å². The Hall–Kier alpha value is -1.80. The summed E-state index contributed by atoms with van der Waals surface area (Å²) in [5.74, 6) is 0.871. The Labute approximate surface area is 111 Å². The molecule has 1 heterocycles. The van der Waals surface area contributed by atoms with Crippen molar-refractivity contribution in [3.63, 3.8) is 0 Å². The summed E-state index contributed by atoms with van der Waals surface area (Å²) in [5.41, 5.74) is 5.48. The molecular weight excluding hydrogens is 244 g/mol. The van der Waals surface area contributed by atoms with Crippen LogP contribution in [0.25, 0.3) is 22.4 Å². The van der Waals surface area contributed by atoms with Crippen molar-refractivity contribution >= 4 is 22.6 Å². The van der Waals surface area contributed by atoms with Gasteiger partial charge in [0.1, 0.15) is 5.82 Å². The summed E-state index contributed by atoms with van der Waals surface area (Å²) in [6, 6.07) is 12.1. The highest BCUT2D eigenvalue weighted by Crippen LogP contribution is 2.26. The number of hydrogen-bond acceptors (Lipinski definition) is 1. The molecule has 2 aromatic carbocycles. The van der Waals surface area contributed by atoms with Crippen molar-refractivity contribution in [2.45, 2.75) is 13.8 Å². The molecule has 0 saturated carbocycles. The van der Waals surface area contributed by atoms with Gasteiger partial charge in [0.25, 0.3) is 0 Å². The number of rotatable bonds is 1. The topological polar surface area (TPSA) is 28.7 Å². The van der Waals surface area contributed by atoms with Gasteiger partial charge in [-0.05, 0) is 49.2 Å². The summed E-state index contributed by atoms with van der Waals surface area (Å²) in [5, 5.41) is 0.729. The van der Waals surface area contributed by atoms with E-state index >= 15 is 0 Å². The van der Waals surface area contributed by atoms with Crippen LogP contribution in [0.15, 0.2) is 36.4 Å². The van der Waals surface area contributed by atoms with Gasteiger partial charge in [-0.3, -0.25) is 0 Å². The lowest BCUT2D eigenvalue weighted by molar-refractivity contribution is 1.31. The SMILES string of the molecule is Cc1ccc2nc(-c3cc(Cl)ccc3C)[nH]c2c1. The van der Waals surface area contributed by atoms with E-state index in [2.05, 4.69) is 35.9 Å². The van der Waals surface area contributed by atoms with E-state index in [4.69, 9.17) is 11.6 Å². The standard InChI is InChI=1S/C15H13ClN2/c1-9-3-6-13-14(7-9)18-15(17-13)12-8-11(16)5-4-10(12)2/h3-8H,1-2H3,(H,17,18). The summed E-state index contributed by atoms with van der Waals surface area (Å²) in [4.78, 5) is 7.96. The van der Waals surface area contributed by atoms with Crippen LogP contribution >= 0.6 is 11.6 Å². The molecule has 0 amide bonds. The van der Waals surface area contributed by atoms with E-state index in [1.807, 2.05) is 24.3 Å².